The van der Waals surface area contributed by atoms with Gasteiger partial charge in [0.05, 0.1) is 0 Å². The number of hydrogen-bond acceptors (Lipinski definition) is 2. The van der Waals surface area contributed by atoms with E-state index >= 15 is 0 Å². The zero-order valence-corrected chi connectivity index (χ0v) is 14.5. The molecule has 0 spiro atoms. The Morgan fingerprint density at radius 3 is 2.32 bits per heavy atom. The summed E-state index contributed by atoms with van der Waals surface area (Å²) < 4.78 is 27.5. The first-order chi connectivity index (χ1) is 13.5. The number of rotatable bonds is 5. The molecule has 0 fully saturated rings. The summed E-state index contributed by atoms with van der Waals surface area (Å²) in [6, 6.07) is 18.3. The van der Waals surface area contributed by atoms with Crippen molar-refractivity contribution in [2.24, 2.45) is 0 Å². The maximum absolute atomic E-state index is 14.0. The van der Waals surface area contributed by atoms with Crippen molar-refractivity contribution in [2.75, 3.05) is 0 Å². The molecule has 0 saturated heterocycles. The summed E-state index contributed by atoms with van der Waals surface area (Å²) >= 11 is 0. The average molecular weight is 379 g/mol. The van der Waals surface area contributed by atoms with Gasteiger partial charge in [-0.15, -0.1) is 0 Å². The van der Waals surface area contributed by atoms with E-state index in [1.54, 1.807) is 48.5 Å². The summed E-state index contributed by atoms with van der Waals surface area (Å²) in [6.45, 7) is 0. The van der Waals surface area contributed by atoms with Crippen LogP contribution in [0.4, 0.5) is 8.78 Å². The molecule has 0 aliphatic carbocycles. The van der Waals surface area contributed by atoms with E-state index in [0.717, 1.165) is 6.07 Å². The highest BCUT2D eigenvalue weighted by molar-refractivity contribution is 6.02. The third-order valence-corrected chi connectivity index (χ3v) is 3.97. The molecule has 6 heteroatoms. The van der Waals surface area contributed by atoms with Crippen molar-refractivity contribution in [3.05, 3.63) is 101 Å². The van der Waals surface area contributed by atoms with E-state index in [-0.39, 0.29) is 11.3 Å². The fourth-order valence-corrected chi connectivity index (χ4v) is 2.62. The topological polar surface area (TPSA) is 66.4 Å². The van der Waals surface area contributed by atoms with Gasteiger partial charge in [0.25, 0.3) is 5.91 Å². The summed E-state index contributed by atoms with van der Waals surface area (Å²) in [7, 11) is 0. The van der Waals surface area contributed by atoms with E-state index in [1.807, 2.05) is 0 Å². The van der Waals surface area contributed by atoms with Crippen LogP contribution in [0.25, 0.3) is 17.2 Å². The van der Waals surface area contributed by atoms with Crippen LogP contribution < -0.4 is 5.32 Å². The SMILES string of the molecule is O=C(O)C(=Cc1cccc(-c2cccc(F)c2F)c1)NC(=O)c1ccccc1. The lowest BCUT2D eigenvalue weighted by Crippen LogP contribution is -2.27. The van der Waals surface area contributed by atoms with Crippen molar-refractivity contribution < 1.29 is 23.5 Å². The molecule has 0 bridgehead atoms. The molecule has 2 N–H and O–H groups in total. The van der Waals surface area contributed by atoms with Gasteiger partial charge in [-0.3, -0.25) is 4.79 Å². The van der Waals surface area contributed by atoms with Crippen LogP contribution in [0.1, 0.15) is 15.9 Å². The molecule has 0 aliphatic rings. The number of benzene rings is 3. The molecule has 3 aromatic rings. The van der Waals surface area contributed by atoms with E-state index in [0.29, 0.717) is 16.7 Å². The van der Waals surface area contributed by atoms with E-state index in [1.165, 1.54) is 24.3 Å². The highest BCUT2D eigenvalue weighted by atomic mass is 19.2. The zero-order valence-electron chi connectivity index (χ0n) is 14.5. The lowest BCUT2D eigenvalue weighted by molar-refractivity contribution is -0.132. The Morgan fingerprint density at radius 1 is 0.893 bits per heavy atom. The molecule has 0 radical (unpaired) electrons. The molecule has 0 heterocycles. The van der Waals surface area contributed by atoms with Gasteiger partial charge < -0.3 is 10.4 Å². The van der Waals surface area contributed by atoms with Crippen LogP contribution in [0.3, 0.4) is 0 Å². The van der Waals surface area contributed by atoms with Gasteiger partial charge in [0.2, 0.25) is 0 Å². The Morgan fingerprint density at radius 2 is 1.61 bits per heavy atom. The summed E-state index contributed by atoms with van der Waals surface area (Å²) in [5.41, 5.74) is 0.813. The largest absolute Gasteiger partial charge is 0.477 e. The average Bonchev–Trinajstić information content (AvgIpc) is 2.70. The first-order valence-electron chi connectivity index (χ1n) is 8.31. The summed E-state index contributed by atoms with van der Waals surface area (Å²) in [5, 5.41) is 11.8. The van der Waals surface area contributed by atoms with Crippen LogP contribution in [0.15, 0.2) is 78.5 Å². The van der Waals surface area contributed by atoms with Crippen molar-refractivity contribution in [3.8, 4) is 11.1 Å². The minimum atomic E-state index is -1.33. The first-order valence-corrected chi connectivity index (χ1v) is 8.31. The molecule has 3 aromatic carbocycles. The van der Waals surface area contributed by atoms with Crippen LogP contribution in [-0.2, 0) is 4.79 Å². The Bertz CT molecular complexity index is 1060. The number of carboxylic acids is 1. The molecule has 0 saturated carbocycles. The third kappa shape index (κ3) is 4.29. The molecule has 0 unspecified atom stereocenters. The van der Waals surface area contributed by atoms with Crippen molar-refractivity contribution in [3.63, 3.8) is 0 Å². The number of carbonyl (C=O) groups is 2. The molecular weight excluding hydrogens is 364 g/mol. The van der Waals surface area contributed by atoms with Gasteiger partial charge >= 0.3 is 5.97 Å². The number of amides is 1. The molecule has 4 nitrogen and oxygen atoms in total. The monoisotopic (exact) mass is 379 g/mol. The molecular formula is C22H15F2NO3. The minimum absolute atomic E-state index is 0.0560. The van der Waals surface area contributed by atoms with Crippen LogP contribution in [0.5, 0.6) is 0 Å². The second-order valence-corrected chi connectivity index (χ2v) is 5.91. The number of carbonyl (C=O) groups excluding carboxylic acids is 1. The van der Waals surface area contributed by atoms with Crippen molar-refractivity contribution in [2.45, 2.75) is 0 Å². The van der Waals surface area contributed by atoms with Gasteiger partial charge in [-0.05, 0) is 41.5 Å². The quantitative estimate of drug-likeness (QED) is 0.642. The van der Waals surface area contributed by atoms with E-state index < -0.39 is 23.5 Å². The van der Waals surface area contributed by atoms with E-state index in [2.05, 4.69) is 5.32 Å². The van der Waals surface area contributed by atoms with Gasteiger partial charge in [-0.1, -0.05) is 48.5 Å². The van der Waals surface area contributed by atoms with Crippen molar-refractivity contribution in [1.29, 1.82) is 0 Å². The normalized spacial score (nSPS) is 11.1. The molecule has 0 aliphatic heterocycles. The smallest absolute Gasteiger partial charge is 0.352 e. The maximum Gasteiger partial charge on any atom is 0.352 e. The Labute approximate surface area is 159 Å². The fourth-order valence-electron chi connectivity index (χ4n) is 2.62. The van der Waals surface area contributed by atoms with Gasteiger partial charge in [0, 0.05) is 11.1 Å². The molecule has 1 amide bonds. The molecule has 3 rings (SSSR count). The number of halogens is 2. The highest BCUT2D eigenvalue weighted by Gasteiger charge is 2.14. The predicted molar refractivity (Wildman–Crippen MR) is 101 cm³/mol. The summed E-state index contributed by atoms with van der Waals surface area (Å²) in [4.78, 5) is 23.7. The Balaban J connectivity index is 1.92. The molecule has 0 aromatic heterocycles. The third-order valence-electron chi connectivity index (χ3n) is 3.97. The molecule has 28 heavy (non-hydrogen) atoms. The highest BCUT2D eigenvalue weighted by Crippen LogP contribution is 2.25. The fraction of sp³-hybridized carbons (Fsp3) is 0. The first kappa shape index (κ1) is 19.0. The van der Waals surface area contributed by atoms with Crippen LogP contribution in [0.2, 0.25) is 0 Å². The number of aliphatic carboxylic acids is 1. The Kier molecular flexibility index (Phi) is 5.60. The van der Waals surface area contributed by atoms with Crippen LogP contribution in [-0.4, -0.2) is 17.0 Å². The Hall–Kier alpha value is -3.80. The van der Waals surface area contributed by atoms with Gasteiger partial charge in [0.15, 0.2) is 11.6 Å². The van der Waals surface area contributed by atoms with Gasteiger partial charge in [0.1, 0.15) is 5.70 Å². The standard InChI is InChI=1S/C22H15F2NO3/c23-18-11-5-10-17(20(18)24)16-9-4-6-14(12-16)13-19(22(27)28)25-21(26)15-7-2-1-3-8-15/h1-13H,(H,25,26)(H,27,28). The maximum atomic E-state index is 14.0. The van der Waals surface area contributed by atoms with E-state index in [4.69, 9.17) is 0 Å². The van der Waals surface area contributed by atoms with E-state index in [9.17, 15) is 23.5 Å². The lowest BCUT2D eigenvalue weighted by atomic mass is 10.0. The molecule has 140 valence electrons. The van der Waals surface area contributed by atoms with Gasteiger partial charge in [-0.2, -0.15) is 0 Å². The number of carboxylic acid groups (broad SMARTS) is 1. The summed E-state index contributed by atoms with van der Waals surface area (Å²) in [5.74, 6) is -3.85. The van der Waals surface area contributed by atoms with Crippen molar-refractivity contribution in [1.82, 2.24) is 5.32 Å². The lowest BCUT2D eigenvalue weighted by Gasteiger charge is -2.08. The second kappa shape index (κ2) is 8.26. The summed E-state index contributed by atoms with van der Waals surface area (Å²) in [6.07, 6.45) is 1.25. The van der Waals surface area contributed by atoms with Crippen LogP contribution >= 0.6 is 0 Å². The van der Waals surface area contributed by atoms with Crippen molar-refractivity contribution >= 4 is 18.0 Å². The predicted octanol–water partition coefficient (Wildman–Crippen LogP) is 4.49. The molecule has 0 atom stereocenters. The second-order valence-electron chi connectivity index (χ2n) is 5.91. The number of hydrogen-bond donors (Lipinski definition) is 2. The minimum Gasteiger partial charge on any atom is -0.477 e. The zero-order chi connectivity index (χ0) is 20.1. The number of nitrogens with one attached hydrogen (secondary N) is 1. The van der Waals surface area contributed by atoms with Crippen LogP contribution in [0, 0.1) is 11.6 Å². The van der Waals surface area contributed by atoms with Gasteiger partial charge in [-0.25, -0.2) is 13.6 Å².